The highest BCUT2D eigenvalue weighted by molar-refractivity contribution is 9.10. The van der Waals surface area contributed by atoms with E-state index in [1.54, 1.807) is 11.4 Å². The Morgan fingerprint density at radius 3 is 2.50 bits per heavy atom. The second-order valence-electron chi connectivity index (χ2n) is 3.49. The zero-order valence-electron chi connectivity index (χ0n) is 8.27. The minimum absolute atomic E-state index is 0.315. The smallest absolute Gasteiger partial charge is 0.312 e. The Morgan fingerprint density at radius 2 is 2.12 bits per heavy atom. The largest absolute Gasteiger partial charge is 0.413 e. The van der Waals surface area contributed by atoms with Crippen LogP contribution in [0.5, 0.6) is 0 Å². The van der Waals surface area contributed by atoms with E-state index in [9.17, 15) is 18.0 Å². The summed E-state index contributed by atoms with van der Waals surface area (Å²) < 4.78 is 38.0. The van der Waals surface area contributed by atoms with E-state index in [2.05, 4.69) is 15.9 Å². The van der Waals surface area contributed by atoms with Crippen molar-refractivity contribution in [1.29, 1.82) is 0 Å². The summed E-state index contributed by atoms with van der Waals surface area (Å²) in [5.74, 6) is -1.04. The maximum atomic E-state index is 12.5. The number of halogens is 4. The summed E-state index contributed by atoms with van der Waals surface area (Å²) in [4.78, 5) is 12.0. The van der Waals surface area contributed by atoms with Gasteiger partial charge in [0.05, 0.1) is 0 Å². The first-order chi connectivity index (χ1) is 7.16. The lowest BCUT2D eigenvalue weighted by atomic mass is 9.94. The summed E-state index contributed by atoms with van der Waals surface area (Å²) in [6.45, 7) is 0.691. The Hall–Kier alpha value is -0.400. The third-order valence-electron chi connectivity index (χ3n) is 2.18. The van der Waals surface area contributed by atoms with Gasteiger partial charge in [-0.15, -0.1) is 11.3 Å². The Labute approximate surface area is 103 Å². The molecule has 1 unspecified atom stereocenters. The molecule has 1 aromatic rings. The second-order valence-corrected chi connectivity index (χ2v) is 5.35. The first kappa shape index (κ1) is 13.7. The fourth-order valence-corrected chi connectivity index (χ4v) is 2.43. The van der Waals surface area contributed by atoms with Crippen LogP contribution in [-0.2, 0) is 11.2 Å². The van der Waals surface area contributed by atoms with E-state index in [0.717, 1.165) is 0 Å². The molecule has 0 radical (unpaired) electrons. The monoisotopic (exact) mass is 315 g/mol. The average Bonchev–Trinajstić information content (AvgIpc) is 2.49. The standard InChI is InChI=1S/C9H9BrF3NOS/c1-8(14,9(11,12)13)7(15)4-6-5(10)2-3-16-6/h2-3H,4,14H2,1H3. The number of ketones is 1. The Morgan fingerprint density at radius 1 is 1.56 bits per heavy atom. The minimum atomic E-state index is -4.73. The number of alkyl halides is 3. The molecule has 16 heavy (non-hydrogen) atoms. The van der Waals surface area contributed by atoms with E-state index >= 15 is 0 Å². The predicted molar refractivity (Wildman–Crippen MR) is 59.4 cm³/mol. The summed E-state index contributed by atoms with van der Waals surface area (Å²) in [6, 6.07) is 1.68. The van der Waals surface area contributed by atoms with Crippen LogP contribution in [0.4, 0.5) is 13.2 Å². The number of nitrogens with two attached hydrogens (primary N) is 1. The molecule has 0 aliphatic rings. The van der Waals surface area contributed by atoms with Crippen molar-refractivity contribution in [3.63, 3.8) is 0 Å². The van der Waals surface area contributed by atoms with Crippen molar-refractivity contribution in [1.82, 2.24) is 0 Å². The molecule has 0 spiro atoms. The van der Waals surface area contributed by atoms with Crippen molar-refractivity contribution < 1.29 is 18.0 Å². The average molecular weight is 316 g/mol. The zero-order chi connectivity index (χ0) is 12.6. The number of rotatable bonds is 3. The Kier molecular flexibility index (Phi) is 3.81. The van der Waals surface area contributed by atoms with Crippen LogP contribution in [0, 0.1) is 0 Å². The molecule has 0 aliphatic carbocycles. The van der Waals surface area contributed by atoms with E-state index in [1.807, 2.05) is 0 Å². The van der Waals surface area contributed by atoms with Gasteiger partial charge in [0, 0.05) is 15.8 Å². The minimum Gasteiger partial charge on any atom is -0.312 e. The van der Waals surface area contributed by atoms with Crippen LogP contribution < -0.4 is 5.73 Å². The van der Waals surface area contributed by atoms with Crippen LogP contribution in [0.3, 0.4) is 0 Å². The Bertz CT molecular complexity index is 400. The third-order valence-corrected chi connectivity index (χ3v) is 4.11. The molecule has 2 nitrogen and oxygen atoms in total. The van der Waals surface area contributed by atoms with Crippen LogP contribution >= 0.6 is 27.3 Å². The maximum absolute atomic E-state index is 12.5. The van der Waals surface area contributed by atoms with E-state index in [4.69, 9.17) is 5.73 Å². The lowest BCUT2D eigenvalue weighted by Crippen LogP contribution is -2.57. The summed E-state index contributed by atoms with van der Waals surface area (Å²) in [5.41, 5.74) is 2.22. The van der Waals surface area contributed by atoms with Gasteiger partial charge in [-0.2, -0.15) is 13.2 Å². The number of hydrogen-bond acceptors (Lipinski definition) is 3. The number of Topliss-reactive ketones (excluding diaryl/α,β-unsaturated/α-hetero) is 1. The molecular weight excluding hydrogens is 307 g/mol. The highest BCUT2D eigenvalue weighted by Gasteiger charge is 2.53. The van der Waals surface area contributed by atoms with Gasteiger partial charge in [0.1, 0.15) is 0 Å². The Balaban J connectivity index is 2.85. The second kappa shape index (κ2) is 4.46. The van der Waals surface area contributed by atoms with E-state index in [1.165, 1.54) is 11.3 Å². The van der Waals surface area contributed by atoms with E-state index in [-0.39, 0.29) is 6.42 Å². The molecule has 2 N–H and O–H groups in total. The van der Waals surface area contributed by atoms with Crippen LogP contribution in [0.2, 0.25) is 0 Å². The van der Waals surface area contributed by atoms with Gasteiger partial charge in [0.15, 0.2) is 11.3 Å². The predicted octanol–water partition coefficient (Wildman–Crippen LogP) is 2.90. The fourth-order valence-electron chi connectivity index (χ4n) is 0.939. The highest BCUT2D eigenvalue weighted by Crippen LogP contribution is 2.31. The lowest BCUT2D eigenvalue weighted by Gasteiger charge is -2.25. The quantitative estimate of drug-likeness (QED) is 0.932. The van der Waals surface area contributed by atoms with Crippen molar-refractivity contribution in [2.45, 2.75) is 25.1 Å². The zero-order valence-corrected chi connectivity index (χ0v) is 10.7. The molecule has 0 saturated heterocycles. The van der Waals surface area contributed by atoms with Crippen molar-refractivity contribution in [3.05, 3.63) is 20.8 Å². The van der Waals surface area contributed by atoms with Crippen LogP contribution in [0.25, 0.3) is 0 Å². The van der Waals surface area contributed by atoms with Crippen molar-refractivity contribution in [2.75, 3.05) is 0 Å². The molecule has 0 aliphatic heterocycles. The molecule has 0 saturated carbocycles. The highest BCUT2D eigenvalue weighted by atomic mass is 79.9. The molecule has 0 bridgehead atoms. The van der Waals surface area contributed by atoms with Gasteiger partial charge >= 0.3 is 6.18 Å². The molecule has 0 aromatic carbocycles. The van der Waals surface area contributed by atoms with Crippen molar-refractivity contribution >= 4 is 33.0 Å². The molecule has 0 amide bonds. The van der Waals surface area contributed by atoms with E-state index in [0.29, 0.717) is 16.3 Å². The molecule has 1 atom stereocenters. The molecule has 7 heteroatoms. The summed E-state index contributed by atoms with van der Waals surface area (Å²) >= 11 is 4.36. The van der Waals surface area contributed by atoms with E-state index < -0.39 is 17.5 Å². The van der Waals surface area contributed by atoms with Crippen LogP contribution in [0.15, 0.2) is 15.9 Å². The molecule has 0 fully saturated rings. The van der Waals surface area contributed by atoms with Crippen molar-refractivity contribution in [2.24, 2.45) is 5.73 Å². The maximum Gasteiger partial charge on any atom is 0.413 e. The topological polar surface area (TPSA) is 43.1 Å². The SMILES string of the molecule is CC(N)(C(=O)Cc1sccc1Br)C(F)(F)F. The summed E-state index contributed by atoms with van der Waals surface area (Å²) in [5, 5.41) is 1.69. The van der Waals surface area contributed by atoms with Gasteiger partial charge in [-0.1, -0.05) is 0 Å². The van der Waals surface area contributed by atoms with Gasteiger partial charge in [-0.25, -0.2) is 0 Å². The number of hydrogen-bond donors (Lipinski definition) is 1. The van der Waals surface area contributed by atoms with Gasteiger partial charge in [-0.05, 0) is 34.3 Å². The third kappa shape index (κ3) is 2.64. The lowest BCUT2D eigenvalue weighted by molar-refractivity contribution is -0.185. The molecule has 1 heterocycles. The molecule has 1 rings (SSSR count). The van der Waals surface area contributed by atoms with Crippen LogP contribution in [0.1, 0.15) is 11.8 Å². The molecule has 90 valence electrons. The first-order valence-corrected chi connectivity index (χ1v) is 5.94. The summed E-state index contributed by atoms with van der Waals surface area (Å²) in [6.07, 6.45) is -5.04. The fraction of sp³-hybridized carbons (Fsp3) is 0.444. The van der Waals surface area contributed by atoms with Gasteiger partial charge in [-0.3, -0.25) is 4.79 Å². The van der Waals surface area contributed by atoms with Crippen molar-refractivity contribution in [3.8, 4) is 0 Å². The normalized spacial score (nSPS) is 15.9. The number of carbonyl (C=O) groups excluding carboxylic acids is 1. The van der Waals surface area contributed by atoms with Gasteiger partial charge in [0.25, 0.3) is 0 Å². The summed E-state index contributed by atoms with van der Waals surface area (Å²) in [7, 11) is 0. The molecular formula is C9H9BrF3NOS. The number of thiophene rings is 1. The first-order valence-electron chi connectivity index (χ1n) is 4.27. The van der Waals surface area contributed by atoms with Gasteiger partial charge in [0.2, 0.25) is 0 Å². The number of carbonyl (C=O) groups is 1. The van der Waals surface area contributed by atoms with Gasteiger partial charge < -0.3 is 5.73 Å². The molecule has 1 aromatic heterocycles. The van der Waals surface area contributed by atoms with Crippen LogP contribution in [-0.4, -0.2) is 17.5 Å².